The molecule has 2 atom stereocenters. The van der Waals surface area contributed by atoms with E-state index in [0.717, 1.165) is 4.90 Å². The number of nitrogens with zero attached hydrogens (tertiary/aromatic N) is 4. The van der Waals surface area contributed by atoms with Gasteiger partial charge >= 0.3 is 0 Å². The van der Waals surface area contributed by atoms with Crippen LogP contribution in [0.15, 0.2) is 58.9 Å². The largest absolute Gasteiger partial charge is 0.497 e. The van der Waals surface area contributed by atoms with Crippen molar-refractivity contribution in [3.05, 3.63) is 59.9 Å². The van der Waals surface area contributed by atoms with Crippen LogP contribution in [-0.4, -0.2) is 36.0 Å². The summed E-state index contributed by atoms with van der Waals surface area (Å²) in [6.45, 7) is 0.0623. The third-order valence-electron chi connectivity index (χ3n) is 4.48. The van der Waals surface area contributed by atoms with E-state index < -0.39 is 29.7 Å². The maximum absolute atomic E-state index is 13.9. The highest BCUT2D eigenvalue weighted by atomic mass is 19.1. The Bertz CT molecular complexity index is 900. The van der Waals surface area contributed by atoms with E-state index in [-0.39, 0.29) is 6.54 Å². The monoisotopic (exact) mass is 354 g/mol. The third kappa shape index (κ3) is 2.50. The summed E-state index contributed by atoms with van der Waals surface area (Å²) in [5.74, 6) is -0.639. The van der Waals surface area contributed by atoms with Crippen LogP contribution < -0.4 is 9.64 Å². The predicted molar refractivity (Wildman–Crippen MR) is 89.9 cm³/mol. The van der Waals surface area contributed by atoms with Gasteiger partial charge in [-0.2, -0.15) is 5.11 Å². The zero-order valence-corrected chi connectivity index (χ0v) is 13.9. The number of ether oxygens (including phenoxy) is 1. The molecule has 0 N–H and O–H groups in total. The molecule has 0 saturated carbocycles. The van der Waals surface area contributed by atoms with E-state index in [0.29, 0.717) is 17.0 Å². The number of hydrogen-bond acceptors (Lipinski definition) is 6. The van der Waals surface area contributed by atoms with Gasteiger partial charge in [0.1, 0.15) is 11.6 Å². The van der Waals surface area contributed by atoms with Crippen molar-refractivity contribution in [2.24, 2.45) is 10.3 Å². The highest BCUT2D eigenvalue weighted by molar-refractivity contribution is 6.25. The first-order valence-electron chi connectivity index (χ1n) is 8.03. The predicted octanol–water partition coefficient (Wildman–Crippen LogP) is 2.33. The summed E-state index contributed by atoms with van der Waals surface area (Å²) in [5.41, 5.74) is 0.825. The van der Waals surface area contributed by atoms with E-state index in [1.165, 1.54) is 18.2 Å². The number of rotatable bonds is 4. The van der Waals surface area contributed by atoms with Crippen LogP contribution in [0.4, 0.5) is 10.1 Å². The van der Waals surface area contributed by atoms with Crippen LogP contribution in [-0.2, 0) is 16.1 Å². The van der Waals surface area contributed by atoms with Crippen molar-refractivity contribution < 1.29 is 18.7 Å². The summed E-state index contributed by atoms with van der Waals surface area (Å²) >= 11 is 0. The molecule has 132 valence electrons. The lowest BCUT2D eigenvalue weighted by molar-refractivity contribution is -0.123. The second-order valence-corrected chi connectivity index (χ2v) is 5.99. The fourth-order valence-corrected chi connectivity index (χ4v) is 3.14. The number of carbonyl (C=O) groups excluding carboxylic acids is 2. The van der Waals surface area contributed by atoms with E-state index >= 15 is 0 Å². The first-order valence-corrected chi connectivity index (χ1v) is 8.03. The van der Waals surface area contributed by atoms with Gasteiger partial charge in [-0.25, -0.2) is 9.29 Å². The molecule has 8 heteroatoms. The molecular weight excluding hydrogens is 339 g/mol. The first-order chi connectivity index (χ1) is 12.6. The van der Waals surface area contributed by atoms with Gasteiger partial charge in [0.2, 0.25) is 0 Å². The molecule has 7 nitrogen and oxygen atoms in total. The topological polar surface area (TPSA) is 74.6 Å². The second kappa shape index (κ2) is 6.21. The number of anilines is 1. The normalized spacial score (nSPS) is 21.5. The van der Waals surface area contributed by atoms with E-state index in [1.54, 1.807) is 42.5 Å². The van der Waals surface area contributed by atoms with Gasteiger partial charge in [0, 0.05) is 5.56 Å². The number of halogens is 1. The maximum Gasteiger partial charge on any atom is 0.263 e. The Balaban J connectivity index is 1.60. The minimum Gasteiger partial charge on any atom is -0.497 e. The molecule has 2 amide bonds. The molecule has 1 fully saturated rings. The average molecular weight is 354 g/mol. The minimum atomic E-state index is -0.906. The van der Waals surface area contributed by atoms with E-state index in [9.17, 15) is 14.0 Å². The summed E-state index contributed by atoms with van der Waals surface area (Å²) in [4.78, 5) is 26.6. The van der Waals surface area contributed by atoms with Crippen molar-refractivity contribution in [3.8, 4) is 5.75 Å². The zero-order valence-electron chi connectivity index (χ0n) is 13.9. The molecule has 1 saturated heterocycles. The van der Waals surface area contributed by atoms with E-state index in [4.69, 9.17) is 4.74 Å². The molecule has 2 unspecified atom stereocenters. The molecule has 2 aliphatic heterocycles. The van der Waals surface area contributed by atoms with Gasteiger partial charge in [0.15, 0.2) is 12.1 Å². The quantitative estimate of drug-likeness (QED) is 0.790. The van der Waals surface area contributed by atoms with Crippen molar-refractivity contribution >= 4 is 17.5 Å². The molecule has 0 spiro atoms. The molecule has 2 aliphatic rings. The number of imide groups is 1. The standard InChI is InChI=1S/C18H15FN4O3/c1-26-13-8-6-12(7-9-13)23-17(24)15-16(18(23)25)22(21-20-15)10-11-4-2-3-5-14(11)19/h2-9,15-16H,10H2,1H3. The number of benzene rings is 2. The average Bonchev–Trinajstić information content (AvgIpc) is 3.17. The smallest absolute Gasteiger partial charge is 0.263 e. The Hall–Kier alpha value is -3.29. The molecule has 26 heavy (non-hydrogen) atoms. The minimum absolute atomic E-state index is 0.0623. The summed E-state index contributed by atoms with van der Waals surface area (Å²) in [6, 6.07) is 11.1. The highest BCUT2D eigenvalue weighted by Crippen LogP contribution is 2.33. The zero-order chi connectivity index (χ0) is 18.3. The van der Waals surface area contributed by atoms with Crippen LogP contribution in [0.3, 0.4) is 0 Å². The lowest BCUT2D eigenvalue weighted by Gasteiger charge is -2.21. The second-order valence-electron chi connectivity index (χ2n) is 5.99. The fourth-order valence-electron chi connectivity index (χ4n) is 3.14. The van der Waals surface area contributed by atoms with Crippen LogP contribution in [0.2, 0.25) is 0 Å². The van der Waals surface area contributed by atoms with E-state index in [1.807, 2.05) is 0 Å². The Morgan fingerprint density at radius 3 is 2.50 bits per heavy atom. The Morgan fingerprint density at radius 1 is 1.08 bits per heavy atom. The highest BCUT2D eigenvalue weighted by Gasteiger charge is 2.54. The Kier molecular flexibility index (Phi) is 3.87. The molecule has 2 heterocycles. The Morgan fingerprint density at radius 2 is 1.81 bits per heavy atom. The van der Waals surface area contributed by atoms with Crippen LogP contribution >= 0.6 is 0 Å². The van der Waals surface area contributed by atoms with E-state index in [2.05, 4.69) is 10.3 Å². The number of fused-ring (bicyclic) bond motifs is 1. The summed E-state index contributed by atoms with van der Waals surface area (Å²) < 4.78 is 19.0. The molecule has 4 rings (SSSR count). The van der Waals surface area contributed by atoms with Crippen molar-refractivity contribution in [1.29, 1.82) is 0 Å². The molecular formula is C18H15FN4O3. The Labute approximate surface area is 148 Å². The fraction of sp³-hybridized carbons (Fsp3) is 0.222. The van der Waals surface area contributed by atoms with Crippen LogP contribution in [0.25, 0.3) is 0 Å². The molecule has 2 aromatic carbocycles. The number of carbonyl (C=O) groups is 2. The van der Waals surface area contributed by atoms with Crippen molar-refractivity contribution in [2.45, 2.75) is 18.6 Å². The first kappa shape index (κ1) is 16.2. The molecule has 0 aliphatic carbocycles. The van der Waals surface area contributed by atoms with Gasteiger partial charge in [-0.05, 0) is 30.3 Å². The molecule has 2 aromatic rings. The summed E-state index contributed by atoms with van der Waals surface area (Å²) in [6.07, 6.45) is 0. The van der Waals surface area contributed by atoms with Gasteiger partial charge in [0.05, 0.1) is 19.3 Å². The van der Waals surface area contributed by atoms with Crippen molar-refractivity contribution in [2.75, 3.05) is 12.0 Å². The van der Waals surface area contributed by atoms with Gasteiger partial charge in [-0.3, -0.25) is 14.6 Å². The molecule has 0 radical (unpaired) electrons. The van der Waals surface area contributed by atoms with Crippen LogP contribution in [0, 0.1) is 5.82 Å². The van der Waals surface area contributed by atoms with Crippen molar-refractivity contribution in [3.63, 3.8) is 0 Å². The lowest BCUT2D eigenvalue weighted by atomic mass is 10.1. The van der Waals surface area contributed by atoms with Gasteiger partial charge in [-0.15, -0.1) is 0 Å². The number of amides is 2. The molecule has 0 bridgehead atoms. The summed E-state index contributed by atoms with van der Waals surface area (Å²) in [7, 11) is 1.53. The van der Waals surface area contributed by atoms with Crippen LogP contribution in [0.1, 0.15) is 5.56 Å². The lowest BCUT2D eigenvalue weighted by Crippen LogP contribution is -2.39. The van der Waals surface area contributed by atoms with Gasteiger partial charge in [-0.1, -0.05) is 23.4 Å². The van der Waals surface area contributed by atoms with Crippen LogP contribution in [0.5, 0.6) is 5.75 Å². The SMILES string of the molecule is COc1ccc(N2C(=O)C3N=NN(Cc4ccccc4F)C3C2=O)cc1. The number of methoxy groups -OCH3 is 1. The number of hydrogen-bond donors (Lipinski definition) is 0. The van der Waals surface area contributed by atoms with Crippen molar-refractivity contribution in [1.82, 2.24) is 5.01 Å². The third-order valence-corrected chi connectivity index (χ3v) is 4.48. The van der Waals surface area contributed by atoms with Gasteiger partial charge < -0.3 is 4.74 Å². The maximum atomic E-state index is 13.9. The van der Waals surface area contributed by atoms with Gasteiger partial charge in [0.25, 0.3) is 11.8 Å². The molecule has 0 aromatic heterocycles. The summed E-state index contributed by atoms with van der Waals surface area (Å²) in [5, 5.41) is 9.22.